The fraction of sp³-hybridized carbons (Fsp3) is 0.389. The molecule has 27 heavy (non-hydrogen) atoms. The van der Waals surface area contributed by atoms with Gasteiger partial charge in [0.05, 0.1) is 17.8 Å². The number of aliphatic carboxylic acids is 2. The van der Waals surface area contributed by atoms with Crippen molar-refractivity contribution < 1.29 is 43.7 Å². The van der Waals surface area contributed by atoms with Crippen LogP contribution < -0.4 is 0 Å². The van der Waals surface area contributed by atoms with E-state index in [4.69, 9.17) is 14.6 Å². The molecule has 0 aromatic rings. The van der Waals surface area contributed by atoms with Crippen molar-refractivity contribution in [2.24, 2.45) is 0 Å². The number of carboxylic acids is 2. The summed E-state index contributed by atoms with van der Waals surface area (Å²) in [6.07, 6.45) is 1.90. The first-order valence-corrected chi connectivity index (χ1v) is 8.02. The molecule has 0 amide bonds. The summed E-state index contributed by atoms with van der Waals surface area (Å²) in [5.41, 5.74) is -1.11. The van der Waals surface area contributed by atoms with Crippen LogP contribution in [0.25, 0.3) is 0 Å². The van der Waals surface area contributed by atoms with Crippen LogP contribution in [0.2, 0.25) is 0 Å². The molecule has 0 saturated carbocycles. The number of Topliss-reactive ketones (excluding diaryl/α,β-unsaturated/α-hetero) is 1. The number of carboxylic acid groups (broad SMARTS) is 2. The normalized spacial score (nSPS) is 11.5. The number of esters is 2. The van der Waals surface area contributed by atoms with Gasteiger partial charge in [-0.1, -0.05) is 26.0 Å². The minimum Gasteiger partial charge on any atom is -0.478 e. The Bertz CT molecular complexity index is 683. The summed E-state index contributed by atoms with van der Waals surface area (Å²) in [6.45, 7) is 6.47. The number of ether oxygens (including phenoxy) is 2. The molecule has 0 bridgehead atoms. The van der Waals surface area contributed by atoms with Gasteiger partial charge < -0.3 is 19.7 Å². The monoisotopic (exact) mass is 382 g/mol. The number of allylic oxidation sites excluding steroid dienone is 1. The lowest BCUT2D eigenvalue weighted by Crippen LogP contribution is -2.19. The van der Waals surface area contributed by atoms with E-state index < -0.39 is 59.4 Å². The highest BCUT2D eigenvalue weighted by molar-refractivity contribution is 5.99. The fourth-order valence-corrected chi connectivity index (χ4v) is 1.70. The maximum absolute atomic E-state index is 12.1. The average Bonchev–Trinajstić information content (AvgIpc) is 2.55. The highest BCUT2D eigenvalue weighted by Gasteiger charge is 2.26. The Hall–Kier alpha value is -3.23. The molecule has 0 aliphatic heterocycles. The van der Waals surface area contributed by atoms with E-state index in [-0.39, 0.29) is 6.61 Å². The molecular formula is C18H22O9. The Kier molecular flexibility index (Phi) is 10.7. The molecule has 0 aliphatic rings. The molecule has 2 N–H and O–H groups in total. The lowest BCUT2D eigenvalue weighted by atomic mass is 10.1. The van der Waals surface area contributed by atoms with Crippen LogP contribution in [0.1, 0.15) is 39.5 Å². The molecule has 0 fully saturated rings. The average molecular weight is 382 g/mol. The number of rotatable bonds is 12. The van der Waals surface area contributed by atoms with E-state index in [1.54, 1.807) is 0 Å². The van der Waals surface area contributed by atoms with Gasteiger partial charge in [-0.05, 0) is 13.3 Å². The third-order valence-electron chi connectivity index (χ3n) is 2.98. The number of carbonyl (C=O) groups is 5. The third-order valence-corrected chi connectivity index (χ3v) is 2.98. The van der Waals surface area contributed by atoms with Crippen molar-refractivity contribution in [3.05, 3.63) is 35.6 Å². The SMILES string of the molecule is C=C(C(=O)OCCCC)C(OC(=O)CC(C)=O)=C(CC=CC(=O)O)C(=O)O. The first-order valence-electron chi connectivity index (χ1n) is 8.02. The molecule has 0 unspecified atom stereocenters. The number of hydrogen-bond donors (Lipinski definition) is 2. The molecule has 0 rings (SSSR count). The molecule has 148 valence electrons. The number of ketones is 1. The van der Waals surface area contributed by atoms with E-state index in [0.29, 0.717) is 12.5 Å². The zero-order valence-corrected chi connectivity index (χ0v) is 15.1. The molecule has 0 atom stereocenters. The largest absolute Gasteiger partial charge is 0.478 e. The minimum absolute atomic E-state index is 0.0599. The van der Waals surface area contributed by atoms with Gasteiger partial charge in [0.2, 0.25) is 0 Å². The summed E-state index contributed by atoms with van der Waals surface area (Å²) in [6, 6.07) is 0. The Labute approximate surface area is 155 Å². The minimum atomic E-state index is -1.56. The molecule has 9 nitrogen and oxygen atoms in total. The molecule has 0 aliphatic carbocycles. The van der Waals surface area contributed by atoms with Crippen molar-refractivity contribution in [2.75, 3.05) is 6.61 Å². The van der Waals surface area contributed by atoms with Crippen molar-refractivity contribution in [3.63, 3.8) is 0 Å². The van der Waals surface area contributed by atoms with Crippen molar-refractivity contribution >= 4 is 29.7 Å². The molecule has 0 aromatic carbocycles. The predicted octanol–water partition coefficient (Wildman–Crippen LogP) is 1.78. The van der Waals surface area contributed by atoms with Crippen LogP contribution in [0.3, 0.4) is 0 Å². The quantitative estimate of drug-likeness (QED) is 0.129. The second-order valence-electron chi connectivity index (χ2n) is 5.38. The molecule has 0 spiro atoms. The summed E-state index contributed by atoms with van der Waals surface area (Å²) in [5.74, 6) is -6.15. The van der Waals surface area contributed by atoms with Crippen LogP contribution in [-0.4, -0.2) is 46.5 Å². The van der Waals surface area contributed by atoms with Crippen molar-refractivity contribution in [3.8, 4) is 0 Å². The Morgan fingerprint density at radius 2 is 1.74 bits per heavy atom. The van der Waals surface area contributed by atoms with E-state index in [2.05, 4.69) is 6.58 Å². The summed E-state index contributed by atoms with van der Waals surface area (Å²) >= 11 is 0. The van der Waals surface area contributed by atoms with Gasteiger partial charge in [-0.3, -0.25) is 9.59 Å². The van der Waals surface area contributed by atoms with Crippen LogP contribution in [-0.2, 0) is 33.4 Å². The molecule has 9 heteroatoms. The highest BCUT2D eigenvalue weighted by Crippen LogP contribution is 2.21. The van der Waals surface area contributed by atoms with E-state index in [1.165, 1.54) is 0 Å². The van der Waals surface area contributed by atoms with Crippen LogP contribution >= 0.6 is 0 Å². The van der Waals surface area contributed by atoms with E-state index in [1.807, 2.05) is 6.92 Å². The van der Waals surface area contributed by atoms with Crippen LogP contribution in [0.5, 0.6) is 0 Å². The predicted molar refractivity (Wildman–Crippen MR) is 92.5 cm³/mol. The van der Waals surface area contributed by atoms with Crippen molar-refractivity contribution in [1.82, 2.24) is 0 Å². The van der Waals surface area contributed by atoms with Gasteiger partial charge in [-0.15, -0.1) is 0 Å². The molecule has 0 aromatic heterocycles. The fourth-order valence-electron chi connectivity index (χ4n) is 1.70. The van der Waals surface area contributed by atoms with E-state index >= 15 is 0 Å². The second-order valence-corrected chi connectivity index (χ2v) is 5.38. The highest BCUT2D eigenvalue weighted by atomic mass is 16.6. The van der Waals surface area contributed by atoms with Gasteiger partial charge in [0.1, 0.15) is 12.2 Å². The number of unbranched alkanes of at least 4 members (excludes halogenated alkanes) is 1. The maximum atomic E-state index is 12.1. The lowest BCUT2D eigenvalue weighted by molar-refractivity contribution is -0.143. The van der Waals surface area contributed by atoms with E-state index in [9.17, 15) is 29.1 Å². The third kappa shape index (κ3) is 9.73. The second kappa shape index (κ2) is 12.2. The van der Waals surface area contributed by atoms with Gasteiger partial charge in [0, 0.05) is 12.5 Å². The van der Waals surface area contributed by atoms with Gasteiger partial charge in [0.25, 0.3) is 0 Å². The van der Waals surface area contributed by atoms with Crippen molar-refractivity contribution in [1.29, 1.82) is 0 Å². The smallest absolute Gasteiger partial charge is 0.341 e. The van der Waals surface area contributed by atoms with E-state index in [0.717, 1.165) is 19.4 Å². The maximum Gasteiger partial charge on any atom is 0.341 e. The first-order chi connectivity index (χ1) is 12.6. The summed E-state index contributed by atoms with van der Waals surface area (Å²) in [4.78, 5) is 56.9. The van der Waals surface area contributed by atoms with Gasteiger partial charge in [-0.2, -0.15) is 0 Å². The topological polar surface area (TPSA) is 144 Å². The number of hydrogen-bond acceptors (Lipinski definition) is 7. The van der Waals surface area contributed by atoms with Crippen LogP contribution in [0, 0.1) is 0 Å². The molecule has 0 heterocycles. The van der Waals surface area contributed by atoms with Gasteiger partial charge >= 0.3 is 23.9 Å². The molecule has 0 saturated heterocycles. The lowest BCUT2D eigenvalue weighted by Gasteiger charge is -2.14. The molecule has 0 radical (unpaired) electrons. The standard InChI is InChI=1S/C18H22O9/c1-4-5-9-26-18(25)12(3)16(27-15(22)10-11(2)19)13(17(23)24)7-6-8-14(20)21/h6,8H,3-5,7,9-10H2,1-2H3,(H,20,21)(H,23,24). The van der Waals surface area contributed by atoms with Gasteiger partial charge in [-0.25, -0.2) is 14.4 Å². The summed E-state index contributed by atoms with van der Waals surface area (Å²) in [7, 11) is 0. The number of carbonyl (C=O) groups excluding carboxylic acids is 3. The van der Waals surface area contributed by atoms with Crippen LogP contribution in [0.4, 0.5) is 0 Å². The molecular weight excluding hydrogens is 360 g/mol. The zero-order chi connectivity index (χ0) is 21.0. The van der Waals surface area contributed by atoms with Crippen LogP contribution in [0.15, 0.2) is 35.6 Å². The zero-order valence-electron chi connectivity index (χ0n) is 15.1. The Morgan fingerprint density at radius 3 is 2.22 bits per heavy atom. The Morgan fingerprint density at radius 1 is 1.11 bits per heavy atom. The Balaban J connectivity index is 5.80. The van der Waals surface area contributed by atoms with Gasteiger partial charge in [0.15, 0.2) is 5.76 Å². The summed E-state index contributed by atoms with van der Waals surface area (Å²) in [5, 5.41) is 18.0. The summed E-state index contributed by atoms with van der Waals surface area (Å²) < 4.78 is 9.81. The first kappa shape index (κ1) is 23.8. The van der Waals surface area contributed by atoms with Crippen molar-refractivity contribution in [2.45, 2.75) is 39.5 Å².